The zero-order valence-corrected chi connectivity index (χ0v) is 9.85. The maximum atomic E-state index is 9.43. The lowest BCUT2D eigenvalue weighted by Crippen LogP contribution is -1.93. The molecule has 0 amide bonds. The molecule has 1 aromatic heterocycles. The Morgan fingerprint density at radius 3 is 2.44 bits per heavy atom. The Hall–Kier alpha value is -2.26. The molecule has 1 heterocycles. The minimum atomic E-state index is -0.0101. The summed E-state index contributed by atoms with van der Waals surface area (Å²) in [4.78, 5) is 3.22. The molecule has 3 rings (SSSR count). The van der Waals surface area contributed by atoms with Gasteiger partial charge in [0.25, 0.3) is 0 Å². The highest BCUT2D eigenvalue weighted by Crippen LogP contribution is 2.30. The van der Waals surface area contributed by atoms with Crippen molar-refractivity contribution in [2.45, 2.75) is 6.61 Å². The van der Waals surface area contributed by atoms with Crippen LogP contribution in [0.25, 0.3) is 10.9 Å². The molecule has 0 fully saturated rings. The molecule has 0 atom stereocenters. The Bertz CT molecular complexity index is 659. The van der Waals surface area contributed by atoms with Crippen molar-refractivity contribution in [2.75, 3.05) is 5.32 Å². The molecule has 90 valence electrons. The van der Waals surface area contributed by atoms with Crippen molar-refractivity contribution >= 4 is 22.3 Å². The molecule has 2 aromatic carbocycles. The molecule has 18 heavy (non-hydrogen) atoms. The molecule has 3 heteroatoms. The van der Waals surface area contributed by atoms with E-state index < -0.39 is 0 Å². The van der Waals surface area contributed by atoms with Crippen LogP contribution in [0.1, 0.15) is 5.69 Å². The van der Waals surface area contributed by atoms with E-state index in [0.717, 1.165) is 28.0 Å². The van der Waals surface area contributed by atoms with Crippen molar-refractivity contribution in [3.63, 3.8) is 0 Å². The summed E-state index contributed by atoms with van der Waals surface area (Å²) >= 11 is 0. The van der Waals surface area contributed by atoms with E-state index >= 15 is 0 Å². The van der Waals surface area contributed by atoms with Crippen molar-refractivity contribution in [1.82, 2.24) is 4.98 Å². The van der Waals surface area contributed by atoms with Gasteiger partial charge in [-0.15, -0.1) is 0 Å². The lowest BCUT2D eigenvalue weighted by molar-refractivity contribution is 0.278. The van der Waals surface area contributed by atoms with Crippen LogP contribution >= 0.6 is 0 Å². The second kappa shape index (κ2) is 4.55. The second-order valence-corrected chi connectivity index (χ2v) is 4.17. The van der Waals surface area contributed by atoms with Gasteiger partial charge in [0.05, 0.1) is 18.0 Å². The number of nitrogens with one attached hydrogen (secondary N) is 2. The number of aliphatic hydroxyl groups excluding tert-OH is 1. The topological polar surface area (TPSA) is 48.0 Å². The van der Waals surface area contributed by atoms with E-state index in [1.807, 2.05) is 54.6 Å². The van der Waals surface area contributed by atoms with E-state index in [2.05, 4.69) is 10.3 Å². The number of H-pyrrole nitrogens is 1. The molecule has 0 aliphatic rings. The first-order chi connectivity index (χ1) is 8.88. The van der Waals surface area contributed by atoms with Crippen LogP contribution in [0, 0.1) is 0 Å². The van der Waals surface area contributed by atoms with Crippen LogP contribution in [-0.2, 0) is 6.61 Å². The summed E-state index contributed by atoms with van der Waals surface area (Å²) in [6.07, 6.45) is 0. The predicted octanol–water partition coefficient (Wildman–Crippen LogP) is 3.40. The van der Waals surface area contributed by atoms with Crippen molar-refractivity contribution in [1.29, 1.82) is 0 Å². The SMILES string of the molecule is OCc1[nH]c2ccccc2c1Nc1ccccc1. The summed E-state index contributed by atoms with van der Waals surface area (Å²) in [6.45, 7) is -0.0101. The maximum Gasteiger partial charge on any atom is 0.0852 e. The Morgan fingerprint density at radius 2 is 1.67 bits per heavy atom. The van der Waals surface area contributed by atoms with E-state index in [1.165, 1.54) is 0 Å². The summed E-state index contributed by atoms with van der Waals surface area (Å²) in [5.41, 5.74) is 3.79. The molecule has 0 spiro atoms. The summed E-state index contributed by atoms with van der Waals surface area (Å²) in [6, 6.07) is 18.0. The Morgan fingerprint density at radius 1 is 0.944 bits per heavy atom. The van der Waals surface area contributed by atoms with E-state index in [0.29, 0.717) is 0 Å². The van der Waals surface area contributed by atoms with Crippen LogP contribution in [0.5, 0.6) is 0 Å². The molecule has 0 bridgehead atoms. The number of hydrogen-bond acceptors (Lipinski definition) is 2. The van der Waals surface area contributed by atoms with Crippen LogP contribution in [0.4, 0.5) is 11.4 Å². The lowest BCUT2D eigenvalue weighted by Gasteiger charge is -2.07. The third-order valence-electron chi connectivity index (χ3n) is 2.98. The first-order valence-electron chi connectivity index (χ1n) is 5.91. The van der Waals surface area contributed by atoms with Gasteiger partial charge < -0.3 is 15.4 Å². The molecule has 3 aromatic rings. The number of aliphatic hydroxyl groups is 1. The monoisotopic (exact) mass is 238 g/mol. The average molecular weight is 238 g/mol. The minimum Gasteiger partial charge on any atom is -0.390 e. The van der Waals surface area contributed by atoms with Crippen molar-refractivity contribution in [3.8, 4) is 0 Å². The van der Waals surface area contributed by atoms with Crippen LogP contribution in [-0.4, -0.2) is 10.1 Å². The number of aromatic nitrogens is 1. The fraction of sp³-hybridized carbons (Fsp3) is 0.0667. The van der Waals surface area contributed by atoms with Gasteiger partial charge in [-0.25, -0.2) is 0 Å². The molecule has 0 aliphatic carbocycles. The van der Waals surface area contributed by atoms with Gasteiger partial charge in [0.2, 0.25) is 0 Å². The molecule has 0 unspecified atom stereocenters. The zero-order chi connectivity index (χ0) is 12.4. The number of para-hydroxylation sites is 2. The first-order valence-corrected chi connectivity index (χ1v) is 5.91. The van der Waals surface area contributed by atoms with Gasteiger partial charge in [0.15, 0.2) is 0 Å². The smallest absolute Gasteiger partial charge is 0.0852 e. The minimum absolute atomic E-state index is 0.0101. The number of fused-ring (bicyclic) bond motifs is 1. The molecular weight excluding hydrogens is 224 g/mol. The molecular formula is C15H14N2O. The van der Waals surface area contributed by atoms with E-state index in [4.69, 9.17) is 0 Å². The summed E-state index contributed by atoms with van der Waals surface area (Å²) in [5, 5.41) is 13.9. The van der Waals surface area contributed by atoms with Gasteiger partial charge in [0, 0.05) is 16.6 Å². The first kappa shape index (κ1) is 10.9. The zero-order valence-electron chi connectivity index (χ0n) is 9.85. The van der Waals surface area contributed by atoms with Gasteiger partial charge >= 0.3 is 0 Å². The van der Waals surface area contributed by atoms with Crippen LogP contribution < -0.4 is 5.32 Å². The van der Waals surface area contributed by atoms with Gasteiger partial charge in [-0.3, -0.25) is 0 Å². The van der Waals surface area contributed by atoms with Crippen molar-refractivity contribution < 1.29 is 5.11 Å². The van der Waals surface area contributed by atoms with Gasteiger partial charge in [-0.2, -0.15) is 0 Å². The molecule has 0 radical (unpaired) electrons. The maximum absolute atomic E-state index is 9.43. The number of anilines is 2. The summed E-state index contributed by atoms with van der Waals surface area (Å²) in [5.74, 6) is 0. The largest absolute Gasteiger partial charge is 0.390 e. The highest BCUT2D eigenvalue weighted by molar-refractivity contribution is 5.96. The average Bonchev–Trinajstić information content (AvgIpc) is 2.78. The molecule has 0 aliphatic heterocycles. The number of hydrogen-bond donors (Lipinski definition) is 3. The Kier molecular flexibility index (Phi) is 2.74. The number of benzene rings is 2. The predicted molar refractivity (Wildman–Crippen MR) is 73.9 cm³/mol. The highest BCUT2D eigenvalue weighted by atomic mass is 16.3. The molecule has 3 N–H and O–H groups in total. The fourth-order valence-electron chi connectivity index (χ4n) is 2.12. The van der Waals surface area contributed by atoms with Crippen LogP contribution in [0.2, 0.25) is 0 Å². The van der Waals surface area contributed by atoms with Gasteiger partial charge in [-0.1, -0.05) is 36.4 Å². The Balaban J connectivity index is 2.10. The number of aromatic amines is 1. The lowest BCUT2D eigenvalue weighted by atomic mass is 10.2. The van der Waals surface area contributed by atoms with E-state index in [9.17, 15) is 5.11 Å². The molecule has 3 nitrogen and oxygen atoms in total. The Labute approximate surface area is 105 Å². The molecule has 0 saturated carbocycles. The van der Waals surface area contributed by atoms with Crippen molar-refractivity contribution in [3.05, 3.63) is 60.3 Å². The second-order valence-electron chi connectivity index (χ2n) is 4.17. The normalized spacial score (nSPS) is 10.7. The van der Waals surface area contributed by atoms with Crippen LogP contribution in [0.15, 0.2) is 54.6 Å². The van der Waals surface area contributed by atoms with E-state index in [1.54, 1.807) is 0 Å². The number of rotatable bonds is 3. The van der Waals surface area contributed by atoms with Gasteiger partial charge in [-0.05, 0) is 18.2 Å². The van der Waals surface area contributed by atoms with Gasteiger partial charge in [0.1, 0.15) is 0 Å². The highest BCUT2D eigenvalue weighted by Gasteiger charge is 2.10. The van der Waals surface area contributed by atoms with Crippen molar-refractivity contribution in [2.24, 2.45) is 0 Å². The third-order valence-corrected chi connectivity index (χ3v) is 2.98. The fourth-order valence-corrected chi connectivity index (χ4v) is 2.12. The van der Waals surface area contributed by atoms with E-state index in [-0.39, 0.29) is 6.61 Å². The summed E-state index contributed by atoms with van der Waals surface area (Å²) in [7, 11) is 0. The summed E-state index contributed by atoms with van der Waals surface area (Å²) < 4.78 is 0. The third kappa shape index (κ3) is 1.85. The quantitative estimate of drug-likeness (QED) is 0.655. The standard InChI is InChI=1S/C15H14N2O/c18-10-14-15(16-11-6-2-1-3-7-11)12-8-4-5-9-13(12)17-14/h1-9,16-18H,10H2. The molecule has 0 saturated heterocycles. The van der Waals surface area contributed by atoms with Crippen LogP contribution in [0.3, 0.4) is 0 Å².